The summed E-state index contributed by atoms with van der Waals surface area (Å²) in [5, 5.41) is 20.7. The van der Waals surface area contributed by atoms with Crippen LogP contribution in [0.25, 0.3) is 0 Å². The summed E-state index contributed by atoms with van der Waals surface area (Å²) >= 11 is 0. The molecule has 0 aliphatic carbocycles. The van der Waals surface area contributed by atoms with E-state index in [0.717, 1.165) is 5.69 Å². The second kappa shape index (κ2) is 7.38. The molecule has 2 atom stereocenters. The summed E-state index contributed by atoms with van der Waals surface area (Å²) in [6.07, 6.45) is 2.80. The van der Waals surface area contributed by atoms with Gasteiger partial charge >= 0.3 is 0 Å². The van der Waals surface area contributed by atoms with Gasteiger partial charge in [-0.1, -0.05) is 6.07 Å². The van der Waals surface area contributed by atoms with E-state index in [1.807, 2.05) is 25.1 Å². The standard InChI is InChI=1S/C13H16N4/c1-11(13-6-2-3-8-16-13)17-10-12(9-15)5-4-7-14/h2-3,6,8,11-12,17H,4-5,10H2,1H3/t11-,12-/m1/s1. The minimum Gasteiger partial charge on any atom is -0.308 e. The van der Waals surface area contributed by atoms with E-state index in [1.54, 1.807) is 6.20 Å². The van der Waals surface area contributed by atoms with Crippen LogP contribution in [-0.4, -0.2) is 11.5 Å². The maximum Gasteiger partial charge on any atom is 0.0669 e. The number of aromatic nitrogens is 1. The molecule has 1 heterocycles. The first-order valence-electron chi connectivity index (χ1n) is 5.68. The fourth-order valence-corrected chi connectivity index (χ4v) is 1.51. The zero-order chi connectivity index (χ0) is 12.5. The summed E-state index contributed by atoms with van der Waals surface area (Å²) in [5.41, 5.74) is 0.962. The number of hydrogen-bond acceptors (Lipinski definition) is 4. The lowest BCUT2D eigenvalue weighted by Gasteiger charge is -2.15. The van der Waals surface area contributed by atoms with Crippen LogP contribution in [0, 0.1) is 28.6 Å². The van der Waals surface area contributed by atoms with Crippen LogP contribution in [0.5, 0.6) is 0 Å². The zero-order valence-electron chi connectivity index (χ0n) is 9.93. The Hall–Kier alpha value is -1.91. The van der Waals surface area contributed by atoms with Gasteiger partial charge in [0.2, 0.25) is 0 Å². The minimum atomic E-state index is -0.110. The van der Waals surface area contributed by atoms with Gasteiger partial charge in [-0.05, 0) is 25.5 Å². The Morgan fingerprint density at radius 3 is 2.82 bits per heavy atom. The lowest BCUT2D eigenvalue weighted by Crippen LogP contribution is -2.25. The fourth-order valence-electron chi connectivity index (χ4n) is 1.51. The lowest BCUT2D eigenvalue weighted by molar-refractivity contribution is 0.484. The van der Waals surface area contributed by atoms with Gasteiger partial charge in [0.15, 0.2) is 0 Å². The highest BCUT2D eigenvalue weighted by Gasteiger charge is 2.10. The molecule has 1 aromatic rings. The maximum atomic E-state index is 8.92. The molecule has 17 heavy (non-hydrogen) atoms. The van der Waals surface area contributed by atoms with Crippen molar-refractivity contribution >= 4 is 0 Å². The molecule has 0 spiro atoms. The minimum absolute atomic E-state index is 0.110. The van der Waals surface area contributed by atoms with Gasteiger partial charge in [0.1, 0.15) is 0 Å². The number of rotatable bonds is 6. The van der Waals surface area contributed by atoms with Crippen molar-refractivity contribution < 1.29 is 0 Å². The van der Waals surface area contributed by atoms with E-state index in [0.29, 0.717) is 19.4 Å². The molecule has 0 aliphatic heterocycles. The first-order chi connectivity index (χ1) is 8.27. The van der Waals surface area contributed by atoms with E-state index in [9.17, 15) is 0 Å². The molecule has 0 aromatic carbocycles. The molecular formula is C13H16N4. The molecule has 0 saturated heterocycles. The van der Waals surface area contributed by atoms with Gasteiger partial charge in [-0.25, -0.2) is 0 Å². The largest absolute Gasteiger partial charge is 0.308 e. The molecule has 4 nitrogen and oxygen atoms in total. The molecule has 0 saturated carbocycles. The number of nitrogens with one attached hydrogen (secondary N) is 1. The molecule has 0 bridgehead atoms. The number of hydrogen-bond donors (Lipinski definition) is 1. The van der Waals surface area contributed by atoms with Gasteiger partial charge in [-0.2, -0.15) is 10.5 Å². The first kappa shape index (κ1) is 13.2. The monoisotopic (exact) mass is 228 g/mol. The number of nitriles is 2. The van der Waals surface area contributed by atoms with E-state index < -0.39 is 0 Å². The van der Waals surface area contributed by atoms with Crippen molar-refractivity contribution in [2.45, 2.75) is 25.8 Å². The lowest BCUT2D eigenvalue weighted by atomic mass is 10.0. The molecule has 0 radical (unpaired) electrons. The highest BCUT2D eigenvalue weighted by atomic mass is 14.9. The van der Waals surface area contributed by atoms with Gasteiger partial charge in [-0.3, -0.25) is 4.98 Å². The Bertz CT molecular complexity index is 402. The second-order valence-corrected chi connectivity index (χ2v) is 3.91. The first-order valence-corrected chi connectivity index (χ1v) is 5.68. The van der Waals surface area contributed by atoms with Crippen molar-refractivity contribution in [3.8, 4) is 12.1 Å². The van der Waals surface area contributed by atoms with E-state index in [4.69, 9.17) is 10.5 Å². The summed E-state index contributed by atoms with van der Waals surface area (Å²) in [4.78, 5) is 4.25. The number of pyridine rings is 1. The van der Waals surface area contributed by atoms with E-state index in [1.165, 1.54) is 0 Å². The second-order valence-electron chi connectivity index (χ2n) is 3.91. The number of nitrogens with zero attached hydrogens (tertiary/aromatic N) is 3. The van der Waals surface area contributed by atoms with Gasteiger partial charge in [0, 0.05) is 25.2 Å². The molecule has 0 amide bonds. The Morgan fingerprint density at radius 2 is 2.24 bits per heavy atom. The summed E-state index contributed by atoms with van der Waals surface area (Å²) in [6.45, 7) is 2.61. The van der Waals surface area contributed by atoms with Crippen LogP contribution < -0.4 is 5.32 Å². The van der Waals surface area contributed by atoms with Gasteiger partial charge in [0.25, 0.3) is 0 Å². The van der Waals surface area contributed by atoms with Crippen molar-refractivity contribution in [1.29, 1.82) is 10.5 Å². The van der Waals surface area contributed by atoms with Crippen LogP contribution in [0.4, 0.5) is 0 Å². The predicted octanol–water partition coefficient (Wildman–Crippen LogP) is 2.18. The molecule has 4 heteroatoms. The average Bonchev–Trinajstić information content (AvgIpc) is 2.39. The van der Waals surface area contributed by atoms with Crippen molar-refractivity contribution in [2.24, 2.45) is 5.92 Å². The molecule has 1 rings (SSSR count). The van der Waals surface area contributed by atoms with Crippen LogP contribution in [0.1, 0.15) is 31.5 Å². The van der Waals surface area contributed by atoms with Crippen LogP contribution in [0.15, 0.2) is 24.4 Å². The van der Waals surface area contributed by atoms with Crippen LogP contribution >= 0.6 is 0 Å². The van der Waals surface area contributed by atoms with E-state index in [2.05, 4.69) is 22.4 Å². The summed E-state index contributed by atoms with van der Waals surface area (Å²) in [7, 11) is 0. The molecule has 88 valence electrons. The van der Waals surface area contributed by atoms with Crippen molar-refractivity contribution in [2.75, 3.05) is 6.54 Å². The maximum absolute atomic E-state index is 8.92. The third-order valence-electron chi connectivity index (χ3n) is 2.59. The zero-order valence-corrected chi connectivity index (χ0v) is 9.93. The van der Waals surface area contributed by atoms with Gasteiger partial charge in [-0.15, -0.1) is 0 Å². The molecular weight excluding hydrogens is 212 g/mol. The van der Waals surface area contributed by atoms with Gasteiger partial charge < -0.3 is 5.32 Å². The predicted molar refractivity (Wildman–Crippen MR) is 64.6 cm³/mol. The SMILES string of the molecule is C[C@@H](NC[C@@H](C#N)CCC#N)c1ccccn1. The van der Waals surface area contributed by atoms with Crippen LogP contribution in [0.3, 0.4) is 0 Å². The quantitative estimate of drug-likeness (QED) is 0.809. The summed E-state index contributed by atoms with van der Waals surface area (Å²) in [5.74, 6) is -0.110. The topological polar surface area (TPSA) is 72.5 Å². The highest BCUT2D eigenvalue weighted by Crippen LogP contribution is 2.10. The molecule has 1 aromatic heterocycles. The molecule has 1 N–H and O–H groups in total. The van der Waals surface area contributed by atoms with Crippen molar-refractivity contribution in [1.82, 2.24) is 10.3 Å². The molecule has 0 unspecified atom stereocenters. The third-order valence-corrected chi connectivity index (χ3v) is 2.59. The smallest absolute Gasteiger partial charge is 0.0669 e. The van der Waals surface area contributed by atoms with Crippen LogP contribution in [-0.2, 0) is 0 Å². The van der Waals surface area contributed by atoms with Gasteiger partial charge in [0.05, 0.1) is 23.8 Å². The summed E-state index contributed by atoms with van der Waals surface area (Å²) in [6, 6.07) is 10.2. The summed E-state index contributed by atoms with van der Waals surface area (Å²) < 4.78 is 0. The van der Waals surface area contributed by atoms with E-state index in [-0.39, 0.29) is 12.0 Å². The third kappa shape index (κ3) is 4.63. The molecule has 0 fully saturated rings. The Balaban J connectivity index is 2.40. The van der Waals surface area contributed by atoms with Crippen molar-refractivity contribution in [3.05, 3.63) is 30.1 Å². The Morgan fingerprint density at radius 1 is 1.41 bits per heavy atom. The van der Waals surface area contributed by atoms with E-state index >= 15 is 0 Å². The van der Waals surface area contributed by atoms with Crippen molar-refractivity contribution in [3.63, 3.8) is 0 Å². The molecule has 0 aliphatic rings. The average molecular weight is 228 g/mol. The fraction of sp³-hybridized carbons (Fsp3) is 0.462. The Labute approximate surface area is 102 Å². The Kier molecular flexibility index (Phi) is 5.71. The normalized spacial score (nSPS) is 13.4. The highest BCUT2D eigenvalue weighted by molar-refractivity contribution is 5.07. The van der Waals surface area contributed by atoms with Crippen LogP contribution in [0.2, 0.25) is 0 Å².